The normalized spacial score (nSPS) is 11.9. The minimum Gasteiger partial charge on any atom is -0.444 e. The Labute approximate surface area is 272 Å². The minimum atomic E-state index is -1.20. The number of non-ortho nitro benzene ring substituents is 1. The number of guanidine groups is 1. The van der Waals surface area contributed by atoms with Crippen molar-refractivity contribution in [3.8, 4) is 0 Å². The molecule has 46 heavy (non-hydrogen) atoms. The maximum absolute atomic E-state index is 13.0. The molecule has 16 nitrogen and oxygen atoms in total. The molecule has 0 saturated carbocycles. The molecule has 0 saturated heterocycles. The fourth-order valence-electron chi connectivity index (χ4n) is 3.71. The zero-order valence-corrected chi connectivity index (χ0v) is 26.6. The molecule has 0 aliphatic heterocycles. The molecule has 0 fully saturated rings. The van der Waals surface area contributed by atoms with E-state index in [1.165, 1.54) is 24.3 Å². The molecule has 2 aromatic carbocycles. The Kier molecular flexibility index (Phi) is 16.5. The number of carbonyl (C=O) groups excluding carboxylic acids is 4. The van der Waals surface area contributed by atoms with E-state index in [9.17, 15) is 29.3 Å². The van der Waals surface area contributed by atoms with Crippen molar-refractivity contribution >= 4 is 53.6 Å². The van der Waals surface area contributed by atoms with Gasteiger partial charge in [-0.1, -0.05) is 30.3 Å². The van der Waals surface area contributed by atoms with E-state index in [-0.39, 0.29) is 55.9 Å². The van der Waals surface area contributed by atoms with Crippen molar-refractivity contribution in [3.63, 3.8) is 0 Å². The van der Waals surface area contributed by atoms with Gasteiger partial charge < -0.3 is 42.2 Å². The summed E-state index contributed by atoms with van der Waals surface area (Å²) < 4.78 is 10.9. The fourth-order valence-corrected chi connectivity index (χ4v) is 3.71. The Morgan fingerprint density at radius 3 is 2.20 bits per heavy atom. The maximum atomic E-state index is 13.0. The van der Waals surface area contributed by atoms with Crippen LogP contribution in [0.15, 0.2) is 59.6 Å². The standard InChI is InChI=1S/C29H40N8O8.ClH/c1-29(2,3)45-28(41)36-23(18-44-17-19-8-5-4-6-9-19)25(39)33-16-24(38)35-22(10-7-15-32-27(30)31)26(40)34-20-11-13-21(14-12-20)37(42)43;/h4-6,8-9,11-14,22-23H,7,10,15-18H2,1-3H3,(H,33,39)(H,34,40)(H,35,38)(H,36,41)(H4,30,31,32);1H/t22-,23-;/m0./s1. The maximum Gasteiger partial charge on any atom is 0.408 e. The number of amides is 4. The minimum absolute atomic E-state index is 0. The van der Waals surface area contributed by atoms with Gasteiger partial charge in [-0.2, -0.15) is 0 Å². The first-order chi connectivity index (χ1) is 21.2. The Bertz CT molecular complexity index is 1330. The number of carbonyl (C=O) groups is 4. The average molecular weight is 665 g/mol. The average Bonchev–Trinajstić information content (AvgIpc) is 2.96. The first kappa shape index (κ1) is 39.1. The number of aliphatic imine (C=N–C) groups is 1. The molecule has 0 aliphatic rings. The second-order valence-corrected chi connectivity index (χ2v) is 10.8. The van der Waals surface area contributed by atoms with Crippen LogP contribution in [0.3, 0.4) is 0 Å². The number of nitro benzene ring substituents is 1. The van der Waals surface area contributed by atoms with E-state index < -0.39 is 53.0 Å². The number of halogens is 1. The topological polar surface area (TPSA) is 242 Å². The van der Waals surface area contributed by atoms with Gasteiger partial charge in [-0.05, 0) is 51.3 Å². The molecule has 0 bridgehead atoms. The molecule has 4 amide bonds. The number of benzene rings is 2. The van der Waals surface area contributed by atoms with Crippen molar-refractivity contribution in [2.24, 2.45) is 16.5 Å². The number of nitrogens with two attached hydrogens (primary N) is 2. The van der Waals surface area contributed by atoms with E-state index in [0.29, 0.717) is 6.42 Å². The summed E-state index contributed by atoms with van der Waals surface area (Å²) in [4.78, 5) is 65.4. The van der Waals surface area contributed by atoms with Crippen LogP contribution in [-0.4, -0.2) is 72.1 Å². The summed E-state index contributed by atoms with van der Waals surface area (Å²) in [6, 6.07) is 12.1. The summed E-state index contributed by atoms with van der Waals surface area (Å²) in [5.41, 5.74) is 10.8. The Hall–Kier alpha value is -4.96. The quantitative estimate of drug-likeness (QED) is 0.0499. The van der Waals surface area contributed by atoms with Gasteiger partial charge in [-0.15, -0.1) is 12.4 Å². The third-order valence-corrected chi connectivity index (χ3v) is 5.77. The third kappa shape index (κ3) is 15.7. The van der Waals surface area contributed by atoms with Gasteiger partial charge in [0.15, 0.2) is 5.96 Å². The van der Waals surface area contributed by atoms with Gasteiger partial charge in [0.25, 0.3) is 5.69 Å². The lowest BCUT2D eigenvalue weighted by molar-refractivity contribution is -0.384. The van der Waals surface area contributed by atoms with Crippen LogP contribution in [0.5, 0.6) is 0 Å². The number of nitrogens with one attached hydrogen (secondary N) is 4. The monoisotopic (exact) mass is 664 g/mol. The number of hydrogen-bond acceptors (Lipinski definition) is 9. The van der Waals surface area contributed by atoms with Crippen LogP contribution in [0.2, 0.25) is 0 Å². The highest BCUT2D eigenvalue weighted by atomic mass is 35.5. The fraction of sp³-hybridized carbons (Fsp3) is 0.414. The molecule has 0 spiro atoms. The van der Waals surface area contributed by atoms with Crippen molar-refractivity contribution in [1.82, 2.24) is 16.0 Å². The predicted octanol–water partition coefficient (Wildman–Crippen LogP) is 1.72. The number of ether oxygens (including phenoxy) is 2. The molecule has 0 radical (unpaired) electrons. The van der Waals surface area contributed by atoms with Gasteiger partial charge in [0.05, 0.1) is 24.7 Å². The van der Waals surface area contributed by atoms with Gasteiger partial charge in [-0.25, -0.2) is 4.79 Å². The van der Waals surface area contributed by atoms with Gasteiger partial charge >= 0.3 is 6.09 Å². The molecular weight excluding hydrogens is 624 g/mol. The Morgan fingerprint density at radius 2 is 1.61 bits per heavy atom. The lowest BCUT2D eigenvalue weighted by Gasteiger charge is -2.23. The van der Waals surface area contributed by atoms with E-state index in [1.54, 1.807) is 20.8 Å². The van der Waals surface area contributed by atoms with Crippen LogP contribution in [0, 0.1) is 10.1 Å². The number of nitrogens with zero attached hydrogens (tertiary/aromatic N) is 2. The summed E-state index contributed by atoms with van der Waals surface area (Å²) in [6.45, 7) is 4.63. The highest BCUT2D eigenvalue weighted by Crippen LogP contribution is 2.16. The number of alkyl carbamates (subject to hydrolysis) is 1. The summed E-state index contributed by atoms with van der Waals surface area (Å²) in [5, 5.41) is 21.0. The lowest BCUT2D eigenvalue weighted by Crippen LogP contribution is -2.53. The molecule has 0 aromatic heterocycles. The molecule has 0 unspecified atom stereocenters. The molecule has 17 heteroatoms. The van der Waals surface area contributed by atoms with Crippen LogP contribution < -0.4 is 32.7 Å². The van der Waals surface area contributed by atoms with Crippen LogP contribution in [-0.2, 0) is 30.5 Å². The molecule has 2 aromatic rings. The first-order valence-corrected chi connectivity index (χ1v) is 14.0. The summed E-state index contributed by atoms with van der Waals surface area (Å²) in [7, 11) is 0. The van der Waals surface area contributed by atoms with Crippen LogP contribution in [0.25, 0.3) is 0 Å². The summed E-state index contributed by atoms with van der Waals surface area (Å²) >= 11 is 0. The zero-order valence-electron chi connectivity index (χ0n) is 25.8. The highest BCUT2D eigenvalue weighted by molar-refractivity contribution is 5.98. The number of nitro groups is 1. The second-order valence-electron chi connectivity index (χ2n) is 10.8. The van der Waals surface area contributed by atoms with Gasteiger partial charge in [0.1, 0.15) is 17.7 Å². The van der Waals surface area contributed by atoms with E-state index in [2.05, 4.69) is 26.3 Å². The molecule has 252 valence electrons. The van der Waals surface area contributed by atoms with Gasteiger partial charge in [-0.3, -0.25) is 29.5 Å². The van der Waals surface area contributed by atoms with E-state index in [0.717, 1.165) is 5.56 Å². The van der Waals surface area contributed by atoms with Crippen LogP contribution in [0.4, 0.5) is 16.2 Å². The first-order valence-electron chi connectivity index (χ1n) is 14.0. The number of anilines is 1. The summed E-state index contributed by atoms with van der Waals surface area (Å²) in [6.07, 6.45) is -0.395. The highest BCUT2D eigenvalue weighted by Gasteiger charge is 2.26. The van der Waals surface area contributed by atoms with Crippen LogP contribution >= 0.6 is 12.4 Å². The lowest BCUT2D eigenvalue weighted by atomic mass is 10.1. The number of rotatable bonds is 16. The molecular formula is C29H41ClN8O8. The van der Waals surface area contributed by atoms with Gasteiger partial charge in [0, 0.05) is 24.4 Å². The van der Waals surface area contributed by atoms with E-state index in [1.807, 2.05) is 30.3 Å². The van der Waals surface area contributed by atoms with E-state index in [4.69, 9.17) is 20.9 Å². The summed E-state index contributed by atoms with van der Waals surface area (Å²) in [5.74, 6) is -2.15. The van der Waals surface area contributed by atoms with Crippen molar-refractivity contribution < 1.29 is 33.6 Å². The molecule has 2 rings (SSSR count). The van der Waals surface area contributed by atoms with Crippen molar-refractivity contribution in [3.05, 3.63) is 70.3 Å². The Morgan fingerprint density at radius 1 is 0.957 bits per heavy atom. The SMILES string of the molecule is CC(C)(C)OC(=O)N[C@@H](COCc1ccccc1)C(=O)NCC(=O)N[C@@H](CCCN=C(N)N)C(=O)Nc1ccc([N+](=O)[O-])cc1.Cl. The Balaban J connectivity index is 0.0000106. The van der Waals surface area contributed by atoms with Crippen LogP contribution in [0.1, 0.15) is 39.2 Å². The third-order valence-electron chi connectivity index (χ3n) is 5.77. The van der Waals surface area contributed by atoms with Crippen molar-refractivity contribution in [2.45, 2.75) is 57.9 Å². The largest absolute Gasteiger partial charge is 0.444 e. The number of hydrogen-bond donors (Lipinski definition) is 6. The molecule has 8 N–H and O–H groups in total. The predicted molar refractivity (Wildman–Crippen MR) is 173 cm³/mol. The second kappa shape index (κ2) is 19.4. The zero-order chi connectivity index (χ0) is 33.4. The molecule has 0 heterocycles. The molecule has 0 aliphatic carbocycles. The van der Waals surface area contributed by atoms with Crippen molar-refractivity contribution in [2.75, 3.05) is 25.0 Å². The van der Waals surface area contributed by atoms with Gasteiger partial charge in [0.2, 0.25) is 17.7 Å². The smallest absolute Gasteiger partial charge is 0.408 e. The van der Waals surface area contributed by atoms with Crippen molar-refractivity contribution in [1.29, 1.82) is 0 Å². The molecule has 2 atom stereocenters. The van der Waals surface area contributed by atoms with E-state index >= 15 is 0 Å².